The van der Waals surface area contributed by atoms with E-state index in [0.29, 0.717) is 18.0 Å². The zero-order valence-electron chi connectivity index (χ0n) is 10.9. The summed E-state index contributed by atoms with van der Waals surface area (Å²) in [4.78, 5) is 25.9. The van der Waals surface area contributed by atoms with Crippen LogP contribution in [-0.4, -0.2) is 49.4 Å². The van der Waals surface area contributed by atoms with E-state index < -0.39 is 11.7 Å². The molecule has 1 fully saturated rings. The summed E-state index contributed by atoms with van der Waals surface area (Å²) in [5, 5.41) is 5.57. The topological polar surface area (TPSA) is 61.4 Å². The molecule has 0 radical (unpaired) electrons. The van der Waals surface area contributed by atoms with Crippen molar-refractivity contribution in [3.8, 4) is 0 Å². The molecule has 1 aliphatic rings. The average molecular weight is 297 g/mol. The predicted molar refractivity (Wildman–Crippen MR) is 75.4 cm³/mol. The zero-order valence-corrected chi connectivity index (χ0v) is 11.8. The second-order valence-electron chi connectivity index (χ2n) is 4.48. The van der Waals surface area contributed by atoms with Gasteiger partial charge in [0.1, 0.15) is 5.82 Å². The van der Waals surface area contributed by atoms with Gasteiger partial charge in [0.15, 0.2) is 0 Å². The van der Waals surface area contributed by atoms with Crippen LogP contribution in [0.15, 0.2) is 23.1 Å². The van der Waals surface area contributed by atoms with Gasteiger partial charge in [-0.2, -0.15) is 0 Å². The fraction of sp³-hybridized carbons (Fsp3) is 0.385. The molecule has 0 saturated carbocycles. The van der Waals surface area contributed by atoms with Crippen LogP contribution in [0.1, 0.15) is 10.4 Å². The van der Waals surface area contributed by atoms with Crippen LogP contribution in [0.4, 0.5) is 4.39 Å². The number of carbonyl (C=O) groups excluding carboxylic acids is 2. The molecule has 1 heterocycles. The summed E-state index contributed by atoms with van der Waals surface area (Å²) in [5.74, 6) is -1.40. The van der Waals surface area contributed by atoms with Gasteiger partial charge < -0.3 is 15.5 Å². The Bertz CT molecular complexity index is 518. The predicted octanol–water partition coefficient (Wildman–Crippen LogP) is 0.276. The largest absolute Gasteiger partial charge is 0.343 e. The lowest BCUT2D eigenvalue weighted by Gasteiger charge is -2.27. The molecule has 0 atom stereocenters. The Morgan fingerprint density at radius 3 is 2.75 bits per heavy atom. The molecule has 1 aromatic carbocycles. The number of halogens is 1. The summed E-state index contributed by atoms with van der Waals surface area (Å²) < 4.78 is 13.5. The van der Waals surface area contributed by atoms with E-state index in [-0.39, 0.29) is 18.0 Å². The lowest BCUT2D eigenvalue weighted by molar-refractivity contribution is -0.130. The minimum Gasteiger partial charge on any atom is -0.343 e. The van der Waals surface area contributed by atoms with Crippen LogP contribution in [0.5, 0.6) is 0 Å². The van der Waals surface area contributed by atoms with Gasteiger partial charge in [0.25, 0.3) is 5.91 Å². The Labute approximate surface area is 121 Å². The van der Waals surface area contributed by atoms with Crippen molar-refractivity contribution in [1.29, 1.82) is 0 Å². The molecule has 0 aliphatic carbocycles. The Hall–Kier alpha value is -1.60. The summed E-state index contributed by atoms with van der Waals surface area (Å²) >= 11 is 4.06. The molecule has 1 saturated heterocycles. The smallest absolute Gasteiger partial charge is 0.254 e. The third-order valence-corrected chi connectivity index (χ3v) is 3.34. The number of nitrogens with zero attached hydrogens (tertiary/aromatic N) is 1. The highest BCUT2D eigenvalue weighted by Gasteiger charge is 2.18. The average Bonchev–Trinajstić information content (AvgIpc) is 2.47. The number of benzene rings is 1. The van der Waals surface area contributed by atoms with Crippen LogP contribution >= 0.6 is 12.6 Å². The van der Waals surface area contributed by atoms with Crippen molar-refractivity contribution in [2.24, 2.45) is 0 Å². The third kappa shape index (κ3) is 3.71. The first kappa shape index (κ1) is 14.8. The highest BCUT2D eigenvalue weighted by Crippen LogP contribution is 2.13. The third-order valence-electron chi connectivity index (χ3n) is 3.06. The minimum atomic E-state index is -0.630. The highest BCUT2D eigenvalue weighted by molar-refractivity contribution is 7.80. The Morgan fingerprint density at radius 1 is 1.35 bits per heavy atom. The van der Waals surface area contributed by atoms with Crippen molar-refractivity contribution in [2.75, 3.05) is 32.7 Å². The number of piperazine rings is 1. The first-order valence-corrected chi connectivity index (χ1v) is 6.78. The van der Waals surface area contributed by atoms with Crippen LogP contribution < -0.4 is 10.6 Å². The number of nitrogens with one attached hydrogen (secondary N) is 2. The van der Waals surface area contributed by atoms with E-state index in [1.54, 1.807) is 4.90 Å². The first-order valence-electron chi connectivity index (χ1n) is 6.33. The van der Waals surface area contributed by atoms with Crippen molar-refractivity contribution < 1.29 is 14.0 Å². The second kappa shape index (κ2) is 6.71. The molecule has 1 aromatic rings. The Balaban J connectivity index is 1.91. The molecule has 5 nitrogen and oxygen atoms in total. The van der Waals surface area contributed by atoms with Crippen molar-refractivity contribution in [2.45, 2.75) is 4.90 Å². The normalized spacial score (nSPS) is 15.0. The fourth-order valence-electron chi connectivity index (χ4n) is 1.96. The molecule has 2 rings (SSSR count). The molecule has 0 aromatic heterocycles. The van der Waals surface area contributed by atoms with Crippen molar-refractivity contribution in [1.82, 2.24) is 15.5 Å². The molecule has 7 heteroatoms. The molecule has 2 amide bonds. The maximum absolute atomic E-state index is 13.5. The summed E-state index contributed by atoms with van der Waals surface area (Å²) in [6.07, 6.45) is 0. The second-order valence-corrected chi connectivity index (χ2v) is 4.99. The Kier molecular flexibility index (Phi) is 4.97. The monoisotopic (exact) mass is 297 g/mol. The lowest BCUT2D eigenvalue weighted by Crippen LogP contribution is -2.49. The van der Waals surface area contributed by atoms with Crippen molar-refractivity contribution in [3.05, 3.63) is 29.6 Å². The van der Waals surface area contributed by atoms with Crippen LogP contribution in [-0.2, 0) is 4.79 Å². The summed E-state index contributed by atoms with van der Waals surface area (Å²) in [5.41, 5.74) is -0.106. The van der Waals surface area contributed by atoms with Crippen LogP contribution in [0.3, 0.4) is 0 Å². The number of thiol groups is 1. The molecule has 0 unspecified atom stereocenters. The number of rotatable bonds is 3. The summed E-state index contributed by atoms with van der Waals surface area (Å²) in [6.45, 7) is 2.60. The number of carbonyl (C=O) groups is 2. The van der Waals surface area contributed by atoms with Crippen molar-refractivity contribution >= 4 is 24.4 Å². The molecular formula is C13H16FN3O2S. The number of amides is 2. The lowest BCUT2D eigenvalue weighted by atomic mass is 10.2. The molecule has 20 heavy (non-hydrogen) atoms. The van der Waals surface area contributed by atoms with Gasteiger partial charge in [0, 0.05) is 31.1 Å². The van der Waals surface area contributed by atoms with Crippen LogP contribution in [0, 0.1) is 5.82 Å². The molecule has 108 valence electrons. The van der Waals surface area contributed by atoms with Gasteiger partial charge in [-0.05, 0) is 18.2 Å². The van der Waals surface area contributed by atoms with Gasteiger partial charge >= 0.3 is 0 Å². The van der Waals surface area contributed by atoms with Gasteiger partial charge in [-0.3, -0.25) is 9.59 Å². The zero-order chi connectivity index (χ0) is 14.5. The number of hydrogen-bond donors (Lipinski definition) is 3. The molecule has 0 spiro atoms. The van der Waals surface area contributed by atoms with E-state index in [4.69, 9.17) is 0 Å². The van der Waals surface area contributed by atoms with Gasteiger partial charge in [-0.25, -0.2) is 4.39 Å². The highest BCUT2D eigenvalue weighted by atomic mass is 32.1. The summed E-state index contributed by atoms with van der Waals surface area (Å²) in [6, 6.07) is 3.97. The quantitative estimate of drug-likeness (QED) is 0.702. The molecule has 2 N–H and O–H groups in total. The van der Waals surface area contributed by atoms with Gasteiger partial charge in [0.05, 0.1) is 12.1 Å². The van der Waals surface area contributed by atoms with Gasteiger partial charge in [-0.1, -0.05) is 0 Å². The van der Waals surface area contributed by atoms with E-state index in [9.17, 15) is 14.0 Å². The minimum absolute atomic E-state index is 0.106. The van der Waals surface area contributed by atoms with E-state index in [2.05, 4.69) is 23.3 Å². The van der Waals surface area contributed by atoms with Crippen LogP contribution in [0.25, 0.3) is 0 Å². The van der Waals surface area contributed by atoms with Crippen LogP contribution in [0.2, 0.25) is 0 Å². The first-order chi connectivity index (χ1) is 9.58. The molecule has 1 aliphatic heterocycles. The molecule has 0 bridgehead atoms. The van der Waals surface area contributed by atoms with E-state index in [0.717, 1.165) is 13.1 Å². The van der Waals surface area contributed by atoms with E-state index in [1.165, 1.54) is 18.2 Å². The fourth-order valence-corrected chi connectivity index (χ4v) is 2.17. The SMILES string of the molecule is O=C(NCC(=O)N1CCNCC1)c1cc(S)ccc1F. The van der Waals surface area contributed by atoms with Crippen molar-refractivity contribution in [3.63, 3.8) is 0 Å². The van der Waals surface area contributed by atoms with Gasteiger partial charge in [-0.15, -0.1) is 12.6 Å². The summed E-state index contributed by atoms with van der Waals surface area (Å²) in [7, 11) is 0. The van der Waals surface area contributed by atoms with E-state index >= 15 is 0 Å². The van der Waals surface area contributed by atoms with E-state index in [1.807, 2.05) is 0 Å². The maximum atomic E-state index is 13.5. The van der Waals surface area contributed by atoms with Gasteiger partial charge in [0.2, 0.25) is 5.91 Å². The Morgan fingerprint density at radius 2 is 2.05 bits per heavy atom. The maximum Gasteiger partial charge on any atom is 0.254 e. The number of hydrogen-bond acceptors (Lipinski definition) is 4. The standard InChI is InChI=1S/C13H16FN3O2S/c14-11-2-1-9(20)7-10(11)13(19)16-8-12(18)17-5-3-15-4-6-17/h1-2,7,15,20H,3-6,8H2,(H,16,19). The molecular weight excluding hydrogens is 281 g/mol.